The summed E-state index contributed by atoms with van der Waals surface area (Å²) in [6.07, 6.45) is 1.44. The molecule has 5 heteroatoms. The number of halogens is 1. The molecule has 0 radical (unpaired) electrons. The Balaban J connectivity index is 2.15. The van der Waals surface area contributed by atoms with E-state index in [1.165, 1.54) is 6.20 Å². The molecule has 0 aliphatic rings. The highest BCUT2D eigenvalue weighted by Gasteiger charge is 2.11. The van der Waals surface area contributed by atoms with Crippen LogP contribution in [-0.2, 0) is 4.79 Å². The highest BCUT2D eigenvalue weighted by atomic mass is 127. The molecule has 2 N–H and O–H groups in total. The van der Waals surface area contributed by atoms with Crippen LogP contribution in [0.5, 0.6) is 0 Å². The number of nitriles is 1. The fourth-order valence-corrected chi connectivity index (χ4v) is 2.88. The number of hydrogen-bond acceptors (Lipinski definition) is 3. The van der Waals surface area contributed by atoms with Crippen LogP contribution in [0.1, 0.15) is 16.7 Å². The largest absolute Gasteiger partial charge is 0.360 e. The van der Waals surface area contributed by atoms with E-state index in [1.807, 2.05) is 63.2 Å². The fraction of sp³-hybridized carbons (Fsp3) is 0.158. The molecule has 0 aliphatic heterocycles. The summed E-state index contributed by atoms with van der Waals surface area (Å²) in [6.45, 7) is 5.91. The van der Waals surface area contributed by atoms with Crippen molar-refractivity contribution < 1.29 is 4.79 Å². The number of anilines is 2. The first-order valence-electron chi connectivity index (χ1n) is 7.42. The molecule has 2 aromatic carbocycles. The van der Waals surface area contributed by atoms with Crippen molar-refractivity contribution in [3.63, 3.8) is 0 Å². The third kappa shape index (κ3) is 4.59. The Bertz CT molecular complexity index is 850. The van der Waals surface area contributed by atoms with Crippen LogP contribution in [0.2, 0.25) is 0 Å². The summed E-state index contributed by atoms with van der Waals surface area (Å²) in [5.41, 5.74) is 4.76. The molecule has 0 unspecified atom stereocenters. The Hall–Kier alpha value is -2.33. The van der Waals surface area contributed by atoms with Gasteiger partial charge in [-0.15, -0.1) is 0 Å². The minimum atomic E-state index is -0.431. The summed E-state index contributed by atoms with van der Waals surface area (Å²) in [6, 6.07) is 13.6. The van der Waals surface area contributed by atoms with Crippen molar-refractivity contribution in [3.05, 3.63) is 68.4 Å². The second kappa shape index (κ2) is 7.97. The van der Waals surface area contributed by atoms with Gasteiger partial charge in [0.15, 0.2) is 0 Å². The van der Waals surface area contributed by atoms with Gasteiger partial charge in [0.05, 0.1) is 0 Å². The zero-order chi connectivity index (χ0) is 17.7. The Morgan fingerprint density at radius 3 is 2.38 bits per heavy atom. The Kier molecular flexibility index (Phi) is 5.99. The van der Waals surface area contributed by atoms with E-state index < -0.39 is 5.91 Å². The number of nitrogens with zero attached hydrogens (tertiary/aromatic N) is 1. The van der Waals surface area contributed by atoms with Crippen molar-refractivity contribution in [1.82, 2.24) is 0 Å². The van der Waals surface area contributed by atoms with Gasteiger partial charge in [-0.05, 0) is 78.8 Å². The molecule has 122 valence electrons. The number of rotatable bonds is 4. The molecule has 2 rings (SSSR count). The molecular weight excluding hydrogens is 413 g/mol. The lowest BCUT2D eigenvalue weighted by molar-refractivity contribution is -0.112. The zero-order valence-corrected chi connectivity index (χ0v) is 15.9. The lowest BCUT2D eigenvalue weighted by atomic mass is 10.1. The monoisotopic (exact) mass is 431 g/mol. The van der Waals surface area contributed by atoms with E-state index in [9.17, 15) is 10.1 Å². The van der Waals surface area contributed by atoms with Crippen LogP contribution >= 0.6 is 22.6 Å². The lowest BCUT2D eigenvalue weighted by Gasteiger charge is -2.09. The molecule has 0 spiro atoms. The van der Waals surface area contributed by atoms with Crippen molar-refractivity contribution in [2.75, 3.05) is 10.6 Å². The predicted octanol–water partition coefficient (Wildman–Crippen LogP) is 4.67. The summed E-state index contributed by atoms with van der Waals surface area (Å²) < 4.78 is 1.09. The van der Waals surface area contributed by atoms with Crippen molar-refractivity contribution in [3.8, 4) is 6.07 Å². The number of carbonyl (C=O) groups is 1. The van der Waals surface area contributed by atoms with Crippen molar-refractivity contribution in [2.45, 2.75) is 20.8 Å². The number of benzene rings is 2. The van der Waals surface area contributed by atoms with Gasteiger partial charge < -0.3 is 10.6 Å². The summed E-state index contributed by atoms with van der Waals surface area (Å²) >= 11 is 2.22. The smallest absolute Gasteiger partial charge is 0.267 e. The van der Waals surface area contributed by atoms with E-state index in [0.29, 0.717) is 5.69 Å². The molecule has 1 amide bonds. The first-order valence-corrected chi connectivity index (χ1v) is 8.50. The van der Waals surface area contributed by atoms with Crippen molar-refractivity contribution >= 4 is 39.9 Å². The summed E-state index contributed by atoms with van der Waals surface area (Å²) in [4.78, 5) is 12.3. The van der Waals surface area contributed by atoms with E-state index in [4.69, 9.17) is 0 Å². The van der Waals surface area contributed by atoms with E-state index in [2.05, 4.69) is 33.2 Å². The number of carbonyl (C=O) groups excluding carboxylic acids is 1. The van der Waals surface area contributed by atoms with Crippen LogP contribution in [0, 0.1) is 35.7 Å². The minimum Gasteiger partial charge on any atom is -0.360 e. The van der Waals surface area contributed by atoms with Crippen molar-refractivity contribution in [2.24, 2.45) is 0 Å². The second-order valence-electron chi connectivity index (χ2n) is 5.55. The molecule has 0 bridgehead atoms. The predicted molar refractivity (Wildman–Crippen MR) is 106 cm³/mol. The maximum absolute atomic E-state index is 12.3. The average molecular weight is 431 g/mol. The molecule has 0 atom stereocenters. The number of aryl methyl sites for hydroxylation is 3. The normalized spacial score (nSPS) is 10.9. The van der Waals surface area contributed by atoms with Gasteiger partial charge in [0, 0.05) is 21.1 Å². The summed E-state index contributed by atoms with van der Waals surface area (Å²) in [5.74, 6) is -0.431. The van der Waals surface area contributed by atoms with Crippen LogP contribution < -0.4 is 10.6 Å². The minimum absolute atomic E-state index is 0.0212. The van der Waals surface area contributed by atoms with Gasteiger partial charge in [-0.25, -0.2) is 0 Å². The second-order valence-corrected chi connectivity index (χ2v) is 6.79. The summed E-state index contributed by atoms with van der Waals surface area (Å²) in [5, 5.41) is 15.1. The quantitative estimate of drug-likeness (QED) is 0.420. The fourth-order valence-electron chi connectivity index (χ4n) is 2.23. The summed E-state index contributed by atoms with van der Waals surface area (Å²) in [7, 11) is 0. The van der Waals surface area contributed by atoms with E-state index >= 15 is 0 Å². The van der Waals surface area contributed by atoms with Crippen LogP contribution in [0.4, 0.5) is 11.4 Å². The van der Waals surface area contributed by atoms with Gasteiger partial charge in [0.1, 0.15) is 11.6 Å². The first kappa shape index (κ1) is 18.0. The van der Waals surface area contributed by atoms with E-state index in [-0.39, 0.29) is 5.57 Å². The maximum Gasteiger partial charge on any atom is 0.267 e. The van der Waals surface area contributed by atoms with Crippen LogP contribution in [0.25, 0.3) is 0 Å². The van der Waals surface area contributed by atoms with Gasteiger partial charge >= 0.3 is 0 Å². The third-order valence-electron chi connectivity index (χ3n) is 3.56. The zero-order valence-electron chi connectivity index (χ0n) is 13.8. The molecule has 0 aliphatic carbocycles. The highest BCUT2D eigenvalue weighted by Crippen LogP contribution is 2.19. The Morgan fingerprint density at radius 1 is 1.08 bits per heavy atom. The van der Waals surface area contributed by atoms with Gasteiger partial charge in [-0.2, -0.15) is 5.26 Å². The van der Waals surface area contributed by atoms with Crippen LogP contribution in [0.3, 0.4) is 0 Å². The van der Waals surface area contributed by atoms with Gasteiger partial charge in [0.25, 0.3) is 5.91 Å². The molecule has 4 nitrogen and oxygen atoms in total. The third-order valence-corrected chi connectivity index (χ3v) is 4.23. The SMILES string of the molecule is Cc1ccc(N/C=C(/C#N)C(=O)Nc2ccc(I)cc2C)c(C)c1. The van der Waals surface area contributed by atoms with Gasteiger partial charge in [0.2, 0.25) is 0 Å². The molecule has 0 saturated carbocycles. The van der Waals surface area contributed by atoms with E-state index in [0.717, 1.165) is 25.9 Å². The lowest BCUT2D eigenvalue weighted by Crippen LogP contribution is -2.15. The average Bonchev–Trinajstić information content (AvgIpc) is 2.52. The molecule has 0 saturated heterocycles. The topological polar surface area (TPSA) is 64.9 Å². The standard InChI is InChI=1S/C19H18IN3O/c1-12-4-6-17(13(2)8-12)22-11-15(10-21)19(24)23-18-7-5-16(20)9-14(18)3/h4-9,11,22H,1-3H3,(H,23,24)/b15-11-. The molecule has 0 aromatic heterocycles. The Morgan fingerprint density at radius 2 is 1.75 bits per heavy atom. The number of nitrogens with one attached hydrogen (secondary N) is 2. The maximum atomic E-state index is 12.3. The number of amides is 1. The molecular formula is C19H18IN3O. The van der Waals surface area contributed by atoms with Gasteiger partial charge in [-0.1, -0.05) is 17.7 Å². The molecule has 24 heavy (non-hydrogen) atoms. The first-order chi connectivity index (χ1) is 11.4. The van der Waals surface area contributed by atoms with E-state index in [1.54, 1.807) is 0 Å². The molecule has 0 heterocycles. The number of hydrogen-bond donors (Lipinski definition) is 2. The molecule has 2 aromatic rings. The van der Waals surface area contributed by atoms with Crippen LogP contribution in [0.15, 0.2) is 48.2 Å². The van der Waals surface area contributed by atoms with Crippen LogP contribution in [-0.4, -0.2) is 5.91 Å². The Labute approximate surface area is 155 Å². The highest BCUT2D eigenvalue weighted by molar-refractivity contribution is 14.1. The van der Waals surface area contributed by atoms with Crippen molar-refractivity contribution in [1.29, 1.82) is 5.26 Å². The van der Waals surface area contributed by atoms with Gasteiger partial charge in [-0.3, -0.25) is 4.79 Å². The molecule has 0 fully saturated rings.